The summed E-state index contributed by atoms with van der Waals surface area (Å²) in [6.07, 6.45) is 12.6. The van der Waals surface area contributed by atoms with Crippen molar-refractivity contribution in [3.05, 3.63) is 54.6 Å². The van der Waals surface area contributed by atoms with Gasteiger partial charge >= 0.3 is 0 Å². The van der Waals surface area contributed by atoms with Crippen molar-refractivity contribution in [2.24, 2.45) is 11.8 Å². The normalized spacial score (nSPS) is 31.0. The molecule has 2 aliphatic carbocycles. The van der Waals surface area contributed by atoms with E-state index >= 15 is 0 Å². The maximum Gasteiger partial charge on any atom is 0.115 e. The Morgan fingerprint density at radius 2 is 2.10 bits per heavy atom. The molecule has 3 atom stereocenters. The van der Waals surface area contributed by atoms with Crippen molar-refractivity contribution in [3.8, 4) is 5.75 Å². The second kappa shape index (κ2) is 5.71. The molecule has 0 saturated heterocycles. The van der Waals surface area contributed by atoms with Crippen LogP contribution in [0.25, 0.3) is 0 Å². The van der Waals surface area contributed by atoms with Gasteiger partial charge in [-0.3, -0.25) is 0 Å². The van der Waals surface area contributed by atoms with E-state index in [2.05, 4.69) is 31.4 Å². The fourth-order valence-corrected chi connectivity index (χ4v) is 4.85. The smallest absolute Gasteiger partial charge is 0.115 e. The van der Waals surface area contributed by atoms with Gasteiger partial charge < -0.3 is 5.11 Å². The quantitative estimate of drug-likeness (QED) is 0.758. The van der Waals surface area contributed by atoms with E-state index in [1.165, 1.54) is 36.8 Å². The molecule has 1 aromatic rings. The Labute approximate surface area is 128 Å². The maximum atomic E-state index is 9.78. The minimum Gasteiger partial charge on any atom is -0.508 e. The van der Waals surface area contributed by atoms with Gasteiger partial charge in [-0.05, 0) is 80.0 Å². The highest BCUT2D eigenvalue weighted by atomic mass is 16.3. The molecule has 0 spiro atoms. The van der Waals surface area contributed by atoms with Crippen molar-refractivity contribution in [1.29, 1.82) is 0 Å². The Bertz CT molecular complexity index is 545. The van der Waals surface area contributed by atoms with Crippen LogP contribution in [0.1, 0.15) is 49.7 Å². The van der Waals surface area contributed by atoms with Crippen LogP contribution in [0, 0.1) is 11.8 Å². The highest BCUT2D eigenvalue weighted by Gasteiger charge is 2.46. The van der Waals surface area contributed by atoms with Gasteiger partial charge in [0.2, 0.25) is 0 Å². The van der Waals surface area contributed by atoms with Gasteiger partial charge in [0.25, 0.3) is 0 Å². The topological polar surface area (TPSA) is 20.2 Å². The summed E-state index contributed by atoms with van der Waals surface area (Å²) >= 11 is 0. The zero-order valence-corrected chi connectivity index (χ0v) is 12.9. The maximum absolute atomic E-state index is 9.78. The van der Waals surface area contributed by atoms with E-state index in [0.29, 0.717) is 5.75 Å². The molecule has 1 N–H and O–H groups in total. The summed E-state index contributed by atoms with van der Waals surface area (Å²) in [5, 5.41) is 9.78. The first-order valence-electron chi connectivity index (χ1n) is 8.24. The molecule has 2 aliphatic rings. The lowest BCUT2D eigenvalue weighted by atomic mass is 9.54. The Morgan fingerprint density at radius 3 is 2.86 bits per heavy atom. The minimum atomic E-state index is 0.265. The molecule has 1 heteroatoms. The minimum absolute atomic E-state index is 0.265. The molecule has 0 bridgehead atoms. The van der Waals surface area contributed by atoms with E-state index in [1.807, 2.05) is 12.1 Å². The van der Waals surface area contributed by atoms with Crippen molar-refractivity contribution in [1.82, 2.24) is 0 Å². The summed E-state index contributed by atoms with van der Waals surface area (Å²) in [6.45, 7) is 7.94. The fraction of sp³-hybridized carbons (Fsp3) is 0.500. The van der Waals surface area contributed by atoms with Crippen LogP contribution in [0.3, 0.4) is 0 Å². The first kappa shape index (κ1) is 14.4. The van der Waals surface area contributed by atoms with E-state index in [4.69, 9.17) is 0 Å². The largest absolute Gasteiger partial charge is 0.508 e. The number of phenols is 1. The van der Waals surface area contributed by atoms with Gasteiger partial charge in [0.15, 0.2) is 0 Å². The van der Waals surface area contributed by atoms with Gasteiger partial charge in [0, 0.05) is 5.41 Å². The highest BCUT2D eigenvalue weighted by Crippen LogP contribution is 2.54. The number of benzene rings is 1. The number of fused-ring (bicyclic) bond motifs is 3. The van der Waals surface area contributed by atoms with Gasteiger partial charge in [0.1, 0.15) is 5.75 Å². The summed E-state index contributed by atoms with van der Waals surface area (Å²) in [4.78, 5) is 0. The van der Waals surface area contributed by atoms with Crippen LogP contribution >= 0.6 is 0 Å². The van der Waals surface area contributed by atoms with E-state index in [-0.39, 0.29) is 5.41 Å². The average Bonchev–Trinajstić information content (AvgIpc) is 2.48. The van der Waals surface area contributed by atoms with Crippen LogP contribution in [0.15, 0.2) is 43.5 Å². The van der Waals surface area contributed by atoms with Crippen LogP contribution in [0.5, 0.6) is 5.75 Å². The number of aryl methyl sites for hydroxylation is 1. The van der Waals surface area contributed by atoms with Gasteiger partial charge in [-0.25, -0.2) is 0 Å². The van der Waals surface area contributed by atoms with Crippen molar-refractivity contribution in [2.45, 2.75) is 50.4 Å². The first-order valence-corrected chi connectivity index (χ1v) is 8.24. The van der Waals surface area contributed by atoms with Gasteiger partial charge in [-0.15, -0.1) is 13.2 Å². The molecule has 3 unspecified atom stereocenters. The summed E-state index contributed by atoms with van der Waals surface area (Å²) < 4.78 is 0. The van der Waals surface area contributed by atoms with Crippen LogP contribution in [0.4, 0.5) is 0 Å². The average molecular weight is 282 g/mol. The third-order valence-electron chi connectivity index (χ3n) is 5.79. The third kappa shape index (κ3) is 2.43. The summed E-state index contributed by atoms with van der Waals surface area (Å²) in [7, 11) is 0. The van der Waals surface area contributed by atoms with Crippen LogP contribution < -0.4 is 0 Å². The SMILES string of the molecule is C=CCC1CCC2(CC=C)c3ccc(O)cc3CCC2C1. The number of hydrogen-bond acceptors (Lipinski definition) is 1. The molecule has 21 heavy (non-hydrogen) atoms. The monoisotopic (exact) mass is 282 g/mol. The summed E-state index contributed by atoms with van der Waals surface area (Å²) in [5.74, 6) is 1.97. The summed E-state index contributed by atoms with van der Waals surface area (Å²) in [5.41, 5.74) is 3.10. The molecule has 0 amide bonds. The van der Waals surface area contributed by atoms with Gasteiger partial charge in [0.05, 0.1) is 0 Å². The highest BCUT2D eigenvalue weighted by molar-refractivity contribution is 5.43. The number of rotatable bonds is 4. The molecule has 0 radical (unpaired) electrons. The second-order valence-electron chi connectivity index (χ2n) is 6.89. The molecule has 112 valence electrons. The molecule has 0 aromatic heterocycles. The number of aromatic hydroxyl groups is 1. The van der Waals surface area contributed by atoms with Gasteiger partial charge in [-0.2, -0.15) is 0 Å². The Hall–Kier alpha value is -1.50. The van der Waals surface area contributed by atoms with Crippen molar-refractivity contribution < 1.29 is 5.11 Å². The zero-order valence-electron chi connectivity index (χ0n) is 12.9. The molecular weight excluding hydrogens is 256 g/mol. The van der Waals surface area contributed by atoms with Crippen LogP contribution in [-0.4, -0.2) is 5.11 Å². The molecule has 3 rings (SSSR count). The number of phenolic OH excluding ortho intramolecular Hbond substituents is 1. The Morgan fingerprint density at radius 1 is 1.24 bits per heavy atom. The second-order valence-corrected chi connectivity index (χ2v) is 6.89. The molecule has 1 aromatic carbocycles. The van der Waals surface area contributed by atoms with E-state index in [9.17, 15) is 5.11 Å². The molecule has 1 nitrogen and oxygen atoms in total. The predicted molar refractivity (Wildman–Crippen MR) is 88.6 cm³/mol. The van der Waals surface area contributed by atoms with Crippen molar-refractivity contribution in [3.63, 3.8) is 0 Å². The van der Waals surface area contributed by atoms with E-state index < -0.39 is 0 Å². The standard InChI is InChI=1S/C20H26O/c1-3-5-15-10-12-20(11-4-2)17(13-15)7-6-16-14-18(21)8-9-19(16)20/h3-4,8-9,14-15,17,21H,1-2,5-7,10-13H2. The Balaban J connectivity index is 1.98. The lowest BCUT2D eigenvalue weighted by molar-refractivity contribution is 0.120. The van der Waals surface area contributed by atoms with Crippen LogP contribution in [-0.2, 0) is 11.8 Å². The lowest BCUT2D eigenvalue weighted by Crippen LogP contribution is -2.43. The summed E-state index contributed by atoms with van der Waals surface area (Å²) in [6, 6.07) is 6.02. The number of allylic oxidation sites excluding steroid dienone is 2. The predicted octanol–water partition coefficient (Wildman–Crippen LogP) is 5.14. The first-order chi connectivity index (χ1) is 10.2. The van der Waals surface area contributed by atoms with Gasteiger partial charge in [-0.1, -0.05) is 18.2 Å². The Kier molecular flexibility index (Phi) is 3.93. The third-order valence-corrected chi connectivity index (χ3v) is 5.79. The number of hydrogen-bond donors (Lipinski definition) is 1. The molecular formula is C20H26O. The van der Waals surface area contributed by atoms with Crippen molar-refractivity contribution >= 4 is 0 Å². The van der Waals surface area contributed by atoms with E-state index in [0.717, 1.165) is 31.1 Å². The lowest BCUT2D eigenvalue weighted by Gasteiger charge is -2.50. The molecule has 1 fully saturated rings. The van der Waals surface area contributed by atoms with Crippen LogP contribution in [0.2, 0.25) is 0 Å². The molecule has 0 heterocycles. The fourth-order valence-electron chi connectivity index (χ4n) is 4.85. The molecule has 0 aliphatic heterocycles. The van der Waals surface area contributed by atoms with E-state index in [1.54, 1.807) is 0 Å². The molecule has 1 saturated carbocycles. The van der Waals surface area contributed by atoms with Crippen molar-refractivity contribution in [2.75, 3.05) is 0 Å². The zero-order chi connectivity index (χ0) is 14.9.